The van der Waals surface area contributed by atoms with Gasteiger partial charge in [-0.1, -0.05) is 0 Å². The minimum atomic E-state index is -0.906. The summed E-state index contributed by atoms with van der Waals surface area (Å²) in [5, 5.41) is 19.6. The second kappa shape index (κ2) is 5.24. The van der Waals surface area contributed by atoms with E-state index in [-0.39, 0.29) is 28.1 Å². The molecule has 2 aromatic rings. The Bertz CT molecular complexity index is 807. The monoisotopic (exact) mass is 300 g/mol. The maximum atomic E-state index is 14.1. The summed E-state index contributed by atoms with van der Waals surface area (Å²) in [4.78, 5) is 15.3. The molecule has 1 unspecified atom stereocenters. The fourth-order valence-electron chi connectivity index (χ4n) is 3.00. The molecular weight excluding hydrogens is 287 g/mol. The number of aliphatic hydroxyl groups is 1. The van der Waals surface area contributed by atoms with Crippen LogP contribution in [0.3, 0.4) is 0 Å². The third-order valence-corrected chi connectivity index (χ3v) is 3.85. The predicted octanol–water partition coefficient (Wildman–Crippen LogP) is 1.49. The van der Waals surface area contributed by atoms with Gasteiger partial charge in [0.05, 0.1) is 34.2 Å². The van der Waals surface area contributed by atoms with Gasteiger partial charge in [0.25, 0.3) is 5.91 Å². The third kappa shape index (κ3) is 1.96. The first-order chi connectivity index (χ1) is 10.6. The molecule has 112 valence electrons. The second-order valence-electron chi connectivity index (χ2n) is 5.11. The normalized spacial score (nSPS) is 16.9. The SMILES string of the molecule is N#Cc1c(C(N)=O)c2n(c1-c1cccnc1F)CCCC2O. The zero-order valence-corrected chi connectivity index (χ0v) is 11.6. The van der Waals surface area contributed by atoms with E-state index in [4.69, 9.17) is 5.73 Å². The van der Waals surface area contributed by atoms with Gasteiger partial charge in [0.2, 0.25) is 5.95 Å². The molecule has 1 atom stereocenters. The second-order valence-corrected chi connectivity index (χ2v) is 5.11. The number of fused-ring (bicyclic) bond motifs is 1. The molecule has 0 bridgehead atoms. The summed E-state index contributed by atoms with van der Waals surface area (Å²) < 4.78 is 15.7. The first kappa shape index (κ1) is 14.2. The molecule has 22 heavy (non-hydrogen) atoms. The Balaban J connectivity index is 2.41. The van der Waals surface area contributed by atoms with Gasteiger partial charge in [-0.05, 0) is 25.0 Å². The lowest BCUT2D eigenvalue weighted by atomic mass is 10.0. The number of halogens is 1. The minimum absolute atomic E-state index is 0.0182. The van der Waals surface area contributed by atoms with Gasteiger partial charge in [0, 0.05) is 12.7 Å². The molecule has 1 aliphatic heterocycles. The van der Waals surface area contributed by atoms with Crippen LogP contribution in [0, 0.1) is 17.3 Å². The van der Waals surface area contributed by atoms with E-state index in [1.807, 2.05) is 6.07 Å². The van der Waals surface area contributed by atoms with Gasteiger partial charge in [-0.15, -0.1) is 0 Å². The Hall–Kier alpha value is -2.72. The van der Waals surface area contributed by atoms with Crippen LogP contribution >= 0.6 is 0 Å². The fraction of sp³-hybridized carbons (Fsp3) is 0.267. The highest BCUT2D eigenvalue weighted by Gasteiger charge is 2.33. The summed E-state index contributed by atoms with van der Waals surface area (Å²) in [6, 6.07) is 4.95. The molecule has 3 heterocycles. The van der Waals surface area contributed by atoms with Gasteiger partial charge in [-0.2, -0.15) is 9.65 Å². The van der Waals surface area contributed by atoms with Crippen LogP contribution in [0.15, 0.2) is 18.3 Å². The standard InChI is InChI=1S/C15H13FN4O2/c16-14-8(3-1-5-19-14)12-9(7-17)11(15(18)22)13-10(21)4-2-6-20(12)13/h1,3,5,10,21H,2,4,6H2,(H2,18,22). The van der Waals surface area contributed by atoms with Crippen molar-refractivity contribution in [2.75, 3.05) is 0 Å². The number of primary amides is 1. The summed E-state index contributed by atoms with van der Waals surface area (Å²) in [5.41, 5.74) is 5.97. The molecule has 6 nitrogen and oxygen atoms in total. The predicted molar refractivity (Wildman–Crippen MR) is 75.0 cm³/mol. The van der Waals surface area contributed by atoms with Crippen molar-refractivity contribution >= 4 is 5.91 Å². The number of nitriles is 1. The molecule has 0 spiro atoms. The van der Waals surface area contributed by atoms with Gasteiger partial charge in [0.15, 0.2) is 0 Å². The average molecular weight is 300 g/mol. The molecule has 0 saturated carbocycles. The molecule has 2 aromatic heterocycles. The number of hydrogen-bond donors (Lipinski definition) is 2. The number of aromatic nitrogens is 2. The molecule has 7 heteroatoms. The van der Waals surface area contributed by atoms with Crippen LogP contribution in [-0.2, 0) is 6.54 Å². The third-order valence-electron chi connectivity index (χ3n) is 3.85. The molecule has 0 aromatic carbocycles. The maximum Gasteiger partial charge on any atom is 0.252 e. The van der Waals surface area contributed by atoms with Crippen LogP contribution in [0.5, 0.6) is 0 Å². The largest absolute Gasteiger partial charge is 0.387 e. The van der Waals surface area contributed by atoms with Crippen molar-refractivity contribution in [1.82, 2.24) is 9.55 Å². The lowest BCUT2D eigenvalue weighted by Gasteiger charge is -2.23. The van der Waals surface area contributed by atoms with Crippen molar-refractivity contribution in [2.24, 2.45) is 5.73 Å². The Morgan fingerprint density at radius 3 is 3.00 bits per heavy atom. The first-order valence-electron chi connectivity index (χ1n) is 6.81. The fourth-order valence-corrected chi connectivity index (χ4v) is 3.00. The number of carbonyl (C=O) groups excluding carboxylic acids is 1. The van der Waals surface area contributed by atoms with E-state index in [0.29, 0.717) is 19.4 Å². The molecule has 3 N–H and O–H groups in total. The van der Waals surface area contributed by atoms with Gasteiger partial charge >= 0.3 is 0 Å². The van der Waals surface area contributed by atoms with Gasteiger partial charge in [-0.3, -0.25) is 4.79 Å². The Morgan fingerprint density at radius 2 is 2.36 bits per heavy atom. The van der Waals surface area contributed by atoms with Crippen molar-refractivity contribution in [3.8, 4) is 17.3 Å². The van der Waals surface area contributed by atoms with Crippen LogP contribution < -0.4 is 5.73 Å². The van der Waals surface area contributed by atoms with Crippen molar-refractivity contribution in [3.63, 3.8) is 0 Å². The highest BCUT2D eigenvalue weighted by atomic mass is 19.1. The number of carbonyl (C=O) groups is 1. The van der Waals surface area contributed by atoms with E-state index in [1.165, 1.54) is 12.3 Å². The van der Waals surface area contributed by atoms with Gasteiger partial charge in [-0.25, -0.2) is 4.98 Å². The molecule has 0 radical (unpaired) electrons. The van der Waals surface area contributed by atoms with E-state index >= 15 is 0 Å². The van der Waals surface area contributed by atoms with Crippen LogP contribution in [0.2, 0.25) is 0 Å². The van der Waals surface area contributed by atoms with Crippen LogP contribution in [-0.4, -0.2) is 20.6 Å². The summed E-state index contributed by atoms with van der Waals surface area (Å²) >= 11 is 0. The summed E-state index contributed by atoms with van der Waals surface area (Å²) in [6.07, 6.45) is 1.51. The molecular formula is C15H13FN4O2. The maximum absolute atomic E-state index is 14.1. The quantitative estimate of drug-likeness (QED) is 0.819. The highest BCUT2D eigenvalue weighted by Crippen LogP contribution is 2.39. The summed E-state index contributed by atoms with van der Waals surface area (Å²) in [5.74, 6) is -1.55. The highest BCUT2D eigenvalue weighted by molar-refractivity contribution is 5.99. The van der Waals surface area contributed by atoms with Crippen LogP contribution in [0.25, 0.3) is 11.3 Å². The van der Waals surface area contributed by atoms with Crippen LogP contribution in [0.4, 0.5) is 4.39 Å². The van der Waals surface area contributed by atoms with E-state index in [0.717, 1.165) is 0 Å². The minimum Gasteiger partial charge on any atom is -0.387 e. The van der Waals surface area contributed by atoms with Crippen molar-refractivity contribution in [1.29, 1.82) is 5.26 Å². The molecule has 0 fully saturated rings. The summed E-state index contributed by atoms with van der Waals surface area (Å²) in [6.45, 7) is 0.470. The van der Waals surface area contributed by atoms with E-state index in [2.05, 4.69) is 4.98 Å². The number of nitrogens with two attached hydrogens (primary N) is 1. The van der Waals surface area contributed by atoms with Crippen molar-refractivity contribution in [2.45, 2.75) is 25.5 Å². The number of aliphatic hydroxyl groups excluding tert-OH is 1. The van der Waals surface area contributed by atoms with E-state index in [9.17, 15) is 19.6 Å². The molecule has 3 rings (SSSR count). The number of amides is 1. The average Bonchev–Trinajstić information content (AvgIpc) is 2.83. The van der Waals surface area contributed by atoms with E-state index < -0.39 is 18.0 Å². The lowest BCUT2D eigenvalue weighted by molar-refractivity contribution is 0.0982. The number of nitrogens with zero attached hydrogens (tertiary/aromatic N) is 3. The first-order valence-corrected chi connectivity index (χ1v) is 6.81. The topological polar surface area (TPSA) is 105 Å². The number of hydrogen-bond acceptors (Lipinski definition) is 4. The van der Waals surface area contributed by atoms with Crippen molar-refractivity contribution in [3.05, 3.63) is 41.1 Å². The number of pyridine rings is 1. The molecule has 0 aliphatic carbocycles. The lowest BCUT2D eigenvalue weighted by Crippen LogP contribution is -2.21. The smallest absolute Gasteiger partial charge is 0.252 e. The zero-order chi connectivity index (χ0) is 15.9. The Kier molecular flexibility index (Phi) is 3.39. The van der Waals surface area contributed by atoms with Gasteiger partial charge in [0.1, 0.15) is 6.07 Å². The Morgan fingerprint density at radius 1 is 1.59 bits per heavy atom. The number of rotatable bonds is 2. The molecule has 0 saturated heterocycles. The molecule has 1 aliphatic rings. The Labute approximate surface area is 125 Å². The molecule has 1 amide bonds. The van der Waals surface area contributed by atoms with Crippen LogP contribution in [0.1, 0.15) is 40.6 Å². The van der Waals surface area contributed by atoms with Crippen molar-refractivity contribution < 1.29 is 14.3 Å². The summed E-state index contributed by atoms with van der Waals surface area (Å²) in [7, 11) is 0. The zero-order valence-electron chi connectivity index (χ0n) is 11.6. The van der Waals surface area contributed by atoms with Gasteiger partial charge < -0.3 is 15.4 Å². The van der Waals surface area contributed by atoms with E-state index in [1.54, 1.807) is 10.6 Å².